The van der Waals surface area contributed by atoms with Crippen molar-refractivity contribution in [3.8, 4) is 0 Å². The summed E-state index contributed by atoms with van der Waals surface area (Å²) in [4.78, 5) is 25.6. The first-order chi connectivity index (χ1) is 8.08. The fourth-order valence-corrected chi connectivity index (χ4v) is 2.27. The van der Waals surface area contributed by atoms with Crippen LogP contribution in [-0.4, -0.2) is 35.8 Å². The summed E-state index contributed by atoms with van der Waals surface area (Å²) in [6, 6.07) is 0.434. The summed E-state index contributed by atoms with van der Waals surface area (Å²) in [7, 11) is 0. The van der Waals surface area contributed by atoms with Crippen molar-refractivity contribution in [3.05, 3.63) is 0 Å². The first-order valence-electron chi connectivity index (χ1n) is 6.65. The van der Waals surface area contributed by atoms with E-state index in [-0.39, 0.29) is 17.7 Å². The number of carbonyl (C=O) groups excluding carboxylic acids is 2. The number of carbonyl (C=O) groups is 2. The molecule has 1 aliphatic carbocycles. The van der Waals surface area contributed by atoms with E-state index in [1.807, 2.05) is 4.90 Å². The Balaban J connectivity index is 1.84. The van der Waals surface area contributed by atoms with E-state index in [0.717, 1.165) is 19.4 Å². The monoisotopic (exact) mass is 238 g/mol. The molecule has 0 aromatic carbocycles. The summed E-state index contributed by atoms with van der Waals surface area (Å²) in [5, 5.41) is 2.97. The first kappa shape index (κ1) is 12.4. The number of nitrogens with zero attached hydrogens (tertiary/aromatic N) is 1. The minimum absolute atomic E-state index is 0.00653. The molecule has 0 spiro atoms. The molecule has 1 saturated heterocycles. The van der Waals surface area contributed by atoms with Crippen LogP contribution in [0.5, 0.6) is 0 Å². The van der Waals surface area contributed by atoms with E-state index >= 15 is 0 Å². The van der Waals surface area contributed by atoms with Gasteiger partial charge in [0.15, 0.2) is 0 Å². The Hall–Kier alpha value is -1.06. The van der Waals surface area contributed by atoms with Crippen molar-refractivity contribution >= 4 is 11.8 Å². The molecule has 0 aromatic rings. The second-order valence-electron chi connectivity index (χ2n) is 5.65. The summed E-state index contributed by atoms with van der Waals surface area (Å²) in [5.74, 6) is 0.841. The van der Waals surface area contributed by atoms with Gasteiger partial charge < -0.3 is 10.2 Å². The molecule has 4 heteroatoms. The van der Waals surface area contributed by atoms with E-state index < -0.39 is 0 Å². The largest absolute Gasteiger partial charge is 0.356 e. The molecule has 2 amide bonds. The second kappa shape index (κ2) is 5.07. The van der Waals surface area contributed by atoms with Gasteiger partial charge in [-0.25, -0.2) is 0 Å². The van der Waals surface area contributed by atoms with Gasteiger partial charge >= 0.3 is 0 Å². The zero-order valence-corrected chi connectivity index (χ0v) is 10.7. The van der Waals surface area contributed by atoms with Crippen LogP contribution in [0.2, 0.25) is 0 Å². The summed E-state index contributed by atoms with van der Waals surface area (Å²) in [6.45, 7) is 5.53. The van der Waals surface area contributed by atoms with Gasteiger partial charge in [0.25, 0.3) is 0 Å². The summed E-state index contributed by atoms with van der Waals surface area (Å²) in [5.41, 5.74) is 0. The SMILES string of the molecule is CC(C)CNC(=O)C1CCC(=O)N(C2CC2)C1. The van der Waals surface area contributed by atoms with Crippen molar-refractivity contribution in [1.29, 1.82) is 0 Å². The van der Waals surface area contributed by atoms with Crippen LogP contribution in [0.25, 0.3) is 0 Å². The highest BCUT2D eigenvalue weighted by Gasteiger charge is 2.38. The Labute approximate surface area is 103 Å². The van der Waals surface area contributed by atoms with Crippen LogP contribution in [-0.2, 0) is 9.59 Å². The topological polar surface area (TPSA) is 49.4 Å². The standard InChI is InChI=1S/C13H22N2O2/c1-9(2)7-14-13(17)10-3-6-12(16)15(8-10)11-4-5-11/h9-11H,3-8H2,1-2H3,(H,14,17). The molecule has 1 atom stereocenters. The third kappa shape index (κ3) is 3.20. The van der Waals surface area contributed by atoms with E-state index in [9.17, 15) is 9.59 Å². The molecule has 0 radical (unpaired) electrons. The van der Waals surface area contributed by atoms with E-state index in [1.165, 1.54) is 0 Å². The summed E-state index contributed by atoms with van der Waals surface area (Å²) >= 11 is 0. The molecule has 1 aliphatic heterocycles. The molecule has 1 saturated carbocycles. The quantitative estimate of drug-likeness (QED) is 0.799. The maximum absolute atomic E-state index is 11.9. The Bertz CT molecular complexity index is 311. The highest BCUT2D eigenvalue weighted by molar-refractivity contribution is 5.84. The van der Waals surface area contributed by atoms with Crippen LogP contribution in [0.4, 0.5) is 0 Å². The summed E-state index contributed by atoms with van der Waals surface area (Å²) < 4.78 is 0. The summed E-state index contributed by atoms with van der Waals surface area (Å²) in [6.07, 6.45) is 3.49. The predicted molar refractivity (Wildman–Crippen MR) is 65.3 cm³/mol. The molecule has 1 heterocycles. The number of amides is 2. The molecule has 2 aliphatic rings. The van der Waals surface area contributed by atoms with Gasteiger partial charge in [0.05, 0.1) is 5.92 Å². The van der Waals surface area contributed by atoms with Gasteiger partial charge in [-0.3, -0.25) is 9.59 Å². The van der Waals surface area contributed by atoms with Crippen molar-refractivity contribution in [3.63, 3.8) is 0 Å². The van der Waals surface area contributed by atoms with Crippen LogP contribution in [0.1, 0.15) is 39.5 Å². The Morgan fingerprint density at radius 2 is 2.12 bits per heavy atom. The minimum atomic E-state index is 0.00653. The highest BCUT2D eigenvalue weighted by Crippen LogP contribution is 2.31. The first-order valence-corrected chi connectivity index (χ1v) is 6.65. The fraction of sp³-hybridized carbons (Fsp3) is 0.846. The zero-order chi connectivity index (χ0) is 12.4. The molecule has 96 valence electrons. The lowest BCUT2D eigenvalue weighted by atomic mass is 9.96. The molecule has 2 fully saturated rings. The van der Waals surface area contributed by atoms with Crippen molar-refractivity contribution in [2.24, 2.45) is 11.8 Å². The lowest BCUT2D eigenvalue weighted by Crippen LogP contribution is -2.47. The third-order valence-electron chi connectivity index (χ3n) is 3.49. The number of piperidine rings is 1. The molecule has 0 bridgehead atoms. The lowest BCUT2D eigenvalue weighted by Gasteiger charge is -2.32. The average Bonchev–Trinajstić information content (AvgIpc) is 3.10. The number of rotatable bonds is 4. The van der Waals surface area contributed by atoms with Crippen molar-refractivity contribution in [1.82, 2.24) is 10.2 Å². The van der Waals surface area contributed by atoms with E-state index in [1.54, 1.807) is 0 Å². The van der Waals surface area contributed by atoms with Gasteiger partial charge in [-0.1, -0.05) is 13.8 Å². The van der Waals surface area contributed by atoms with Crippen molar-refractivity contribution in [2.75, 3.05) is 13.1 Å². The van der Waals surface area contributed by atoms with E-state index in [0.29, 0.717) is 31.3 Å². The van der Waals surface area contributed by atoms with E-state index in [2.05, 4.69) is 19.2 Å². The maximum atomic E-state index is 11.9. The van der Waals surface area contributed by atoms with Gasteiger partial charge in [-0.2, -0.15) is 0 Å². The Kier molecular flexibility index (Phi) is 3.69. The van der Waals surface area contributed by atoms with Gasteiger partial charge in [-0.15, -0.1) is 0 Å². The molecule has 4 nitrogen and oxygen atoms in total. The van der Waals surface area contributed by atoms with E-state index in [4.69, 9.17) is 0 Å². The molecule has 0 aromatic heterocycles. The third-order valence-corrected chi connectivity index (χ3v) is 3.49. The fourth-order valence-electron chi connectivity index (χ4n) is 2.27. The second-order valence-corrected chi connectivity index (χ2v) is 5.65. The predicted octanol–water partition coefficient (Wildman–Crippen LogP) is 1.16. The maximum Gasteiger partial charge on any atom is 0.224 e. The Morgan fingerprint density at radius 1 is 1.41 bits per heavy atom. The molecule has 1 unspecified atom stereocenters. The van der Waals surface area contributed by atoms with Crippen LogP contribution in [0, 0.1) is 11.8 Å². The molecule has 17 heavy (non-hydrogen) atoms. The molecule has 1 N–H and O–H groups in total. The van der Waals surface area contributed by atoms with Gasteiger partial charge in [0, 0.05) is 25.6 Å². The highest BCUT2D eigenvalue weighted by atomic mass is 16.2. The number of hydrogen-bond donors (Lipinski definition) is 1. The van der Waals surface area contributed by atoms with Gasteiger partial charge in [-0.05, 0) is 25.2 Å². The van der Waals surface area contributed by atoms with Gasteiger partial charge in [0.1, 0.15) is 0 Å². The van der Waals surface area contributed by atoms with Gasteiger partial charge in [0.2, 0.25) is 11.8 Å². The molecule has 2 rings (SSSR count). The van der Waals surface area contributed by atoms with Crippen LogP contribution in [0.15, 0.2) is 0 Å². The number of hydrogen-bond acceptors (Lipinski definition) is 2. The zero-order valence-electron chi connectivity index (χ0n) is 10.7. The minimum Gasteiger partial charge on any atom is -0.356 e. The molecular formula is C13H22N2O2. The van der Waals surface area contributed by atoms with Crippen LogP contribution < -0.4 is 5.32 Å². The van der Waals surface area contributed by atoms with Crippen molar-refractivity contribution < 1.29 is 9.59 Å². The van der Waals surface area contributed by atoms with Crippen molar-refractivity contribution in [2.45, 2.75) is 45.6 Å². The smallest absolute Gasteiger partial charge is 0.224 e. The average molecular weight is 238 g/mol. The van der Waals surface area contributed by atoms with Crippen LogP contribution >= 0.6 is 0 Å². The molecular weight excluding hydrogens is 216 g/mol. The Morgan fingerprint density at radius 3 is 2.71 bits per heavy atom. The van der Waals surface area contributed by atoms with Crippen LogP contribution in [0.3, 0.4) is 0 Å². The lowest BCUT2D eigenvalue weighted by molar-refractivity contribution is -0.138. The normalized spacial score (nSPS) is 25.2. The number of likely N-dealkylation sites (tertiary alicyclic amines) is 1. The number of nitrogens with one attached hydrogen (secondary N) is 1.